The van der Waals surface area contributed by atoms with Crippen molar-refractivity contribution in [1.29, 1.82) is 0 Å². The van der Waals surface area contributed by atoms with Crippen molar-refractivity contribution in [2.45, 2.75) is 6.92 Å². The summed E-state index contributed by atoms with van der Waals surface area (Å²) in [5.41, 5.74) is 0.101. The van der Waals surface area contributed by atoms with Gasteiger partial charge in [-0.3, -0.25) is 4.79 Å². The normalized spacial score (nSPS) is 9.80. The Labute approximate surface area is 85.3 Å². The number of benzene rings is 1. The fourth-order valence-corrected chi connectivity index (χ4v) is 1.28. The lowest BCUT2D eigenvalue weighted by molar-refractivity contribution is -0.131. The Morgan fingerprint density at radius 2 is 2.00 bits per heavy atom. The van der Waals surface area contributed by atoms with Gasteiger partial charge < -0.3 is 9.84 Å². The summed E-state index contributed by atoms with van der Waals surface area (Å²) >= 11 is 0. The number of carbonyl (C=O) groups excluding carboxylic acids is 1. The van der Waals surface area contributed by atoms with Crippen molar-refractivity contribution in [3.63, 3.8) is 0 Å². The number of carboxylic acids is 1. The van der Waals surface area contributed by atoms with Crippen molar-refractivity contribution >= 4 is 11.8 Å². The van der Waals surface area contributed by atoms with Crippen LogP contribution in [0, 0.1) is 12.7 Å². The van der Waals surface area contributed by atoms with Gasteiger partial charge in [-0.15, -0.1) is 0 Å². The minimum Gasteiger partial charge on any atom is -0.496 e. The molecule has 0 saturated heterocycles. The molecule has 0 atom stereocenters. The SMILES string of the molecule is COc1c(C)cc(F)cc1C(=O)C(=O)O. The Morgan fingerprint density at radius 1 is 1.40 bits per heavy atom. The molecule has 0 aliphatic carbocycles. The molecule has 0 unspecified atom stereocenters. The molecule has 1 aromatic carbocycles. The summed E-state index contributed by atoms with van der Waals surface area (Å²) in [5, 5.41) is 8.51. The van der Waals surface area contributed by atoms with E-state index in [0.29, 0.717) is 5.56 Å². The third-order valence-electron chi connectivity index (χ3n) is 1.88. The van der Waals surface area contributed by atoms with Crippen LogP contribution >= 0.6 is 0 Å². The first-order chi connectivity index (χ1) is 6.97. The summed E-state index contributed by atoms with van der Waals surface area (Å²) in [7, 11) is 1.29. The number of Topliss-reactive ketones (excluding diaryl/α,β-unsaturated/α-hetero) is 1. The van der Waals surface area contributed by atoms with Gasteiger partial charge in [0.05, 0.1) is 12.7 Å². The Bertz CT molecular complexity index is 426. The van der Waals surface area contributed by atoms with E-state index >= 15 is 0 Å². The standard InChI is InChI=1S/C10H9FO4/c1-5-3-6(11)4-7(9(5)15-2)8(12)10(13)14/h3-4H,1-2H3,(H,13,14). The van der Waals surface area contributed by atoms with Gasteiger partial charge in [0.2, 0.25) is 0 Å². The lowest BCUT2D eigenvalue weighted by Gasteiger charge is -2.08. The highest BCUT2D eigenvalue weighted by atomic mass is 19.1. The van der Waals surface area contributed by atoms with Crippen LogP contribution in [0.15, 0.2) is 12.1 Å². The molecule has 80 valence electrons. The number of halogens is 1. The summed E-state index contributed by atoms with van der Waals surface area (Å²) in [4.78, 5) is 21.6. The van der Waals surface area contributed by atoms with Gasteiger partial charge in [-0.2, -0.15) is 0 Å². The number of carboxylic acid groups (broad SMARTS) is 1. The molecule has 0 aliphatic rings. The molecule has 0 aromatic heterocycles. The maximum atomic E-state index is 13.0. The highest BCUT2D eigenvalue weighted by Crippen LogP contribution is 2.25. The molecule has 1 N–H and O–H groups in total. The van der Waals surface area contributed by atoms with E-state index in [-0.39, 0.29) is 11.3 Å². The van der Waals surface area contributed by atoms with E-state index in [1.54, 1.807) is 0 Å². The number of ketones is 1. The molecule has 0 aliphatic heterocycles. The van der Waals surface area contributed by atoms with Gasteiger partial charge in [0, 0.05) is 0 Å². The topological polar surface area (TPSA) is 63.6 Å². The number of hydrogen-bond donors (Lipinski definition) is 1. The van der Waals surface area contributed by atoms with Crippen LogP contribution in [-0.2, 0) is 4.79 Å². The van der Waals surface area contributed by atoms with E-state index in [1.807, 2.05) is 0 Å². The molecule has 1 rings (SSSR count). The fourth-order valence-electron chi connectivity index (χ4n) is 1.28. The zero-order valence-electron chi connectivity index (χ0n) is 8.20. The van der Waals surface area contributed by atoms with Gasteiger partial charge in [-0.1, -0.05) is 0 Å². The molecule has 4 nitrogen and oxygen atoms in total. The molecule has 5 heteroatoms. The van der Waals surface area contributed by atoms with Crippen LogP contribution in [0.4, 0.5) is 4.39 Å². The van der Waals surface area contributed by atoms with E-state index in [0.717, 1.165) is 12.1 Å². The molecule has 1 aromatic rings. The van der Waals surface area contributed by atoms with Crippen molar-refractivity contribution in [2.24, 2.45) is 0 Å². The number of methoxy groups -OCH3 is 1. The van der Waals surface area contributed by atoms with Crippen molar-refractivity contribution in [3.05, 3.63) is 29.1 Å². The highest BCUT2D eigenvalue weighted by Gasteiger charge is 2.21. The minimum absolute atomic E-state index is 0.0869. The Morgan fingerprint density at radius 3 is 2.47 bits per heavy atom. The first-order valence-corrected chi connectivity index (χ1v) is 4.09. The molecular weight excluding hydrogens is 203 g/mol. The third kappa shape index (κ3) is 2.12. The molecule has 0 bridgehead atoms. The van der Waals surface area contributed by atoms with Gasteiger partial charge in [0.1, 0.15) is 11.6 Å². The fraction of sp³-hybridized carbons (Fsp3) is 0.200. The predicted molar refractivity (Wildman–Crippen MR) is 49.7 cm³/mol. The molecular formula is C10H9FO4. The van der Waals surface area contributed by atoms with E-state index in [9.17, 15) is 14.0 Å². The number of aliphatic carboxylic acids is 1. The van der Waals surface area contributed by atoms with Crippen molar-refractivity contribution in [1.82, 2.24) is 0 Å². The molecule has 0 fully saturated rings. The molecule has 0 radical (unpaired) electrons. The second-order valence-electron chi connectivity index (χ2n) is 2.94. The van der Waals surface area contributed by atoms with Crippen LogP contribution in [0.1, 0.15) is 15.9 Å². The van der Waals surface area contributed by atoms with E-state index < -0.39 is 17.6 Å². The Kier molecular flexibility index (Phi) is 3.04. The van der Waals surface area contributed by atoms with E-state index in [2.05, 4.69) is 0 Å². The van der Waals surface area contributed by atoms with Gasteiger partial charge >= 0.3 is 5.97 Å². The summed E-state index contributed by atoms with van der Waals surface area (Å²) < 4.78 is 17.8. The summed E-state index contributed by atoms with van der Waals surface area (Å²) in [6.45, 7) is 1.53. The molecule has 0 spiro atoms. The second kappa shape index (κ2) is 4.08. The lowest BCUT2D eigenvalue weighted by Crippen LogP contribution is -2.14. The van der Waals surface area contributed by atoms with Crippen molar-refractivity contribution < 1.29 is 23.8 Å². The molecule has 15 heavy (non-hydrogen) atoms. The predicted octanol–water partition coefficient (Wildman–Crippen LogP) is 1.41. The second-order valence-corrected chi connectivity index (χ2v) is 2.94. The largest absolute Gasteiger partial charge is 0.496 e. The first-order valence-electron chi connectivity index (χ1n) is 4.09. The average molecular weight is 212 g/mol. The summed E-state index contributed by atoms with van der Waals surface area (Å²) in [5.74, 6) is -3.41. The van der Waals surface area contributed by atoms with Crippen LogP contribution in [0.25, 0.3) is 0 Å². The lowest BCUT2D eigenvalue weighted by atomic mass is 10.1. The molecule has 0 amide bonds. The molecule has 0 heterocycles. The maximum absolute atomic E-state index is 13.0. The van der Waals surface area contributed by atoms with Crippen LogP contribution in [0.5, 0.6) is 5.75 Å². The van der Waals surface area contributed by atoms with E-state index in [1.165, 1.54) is 14.0 Å². The number of carbonyl (C=O) groups is 2. The zero-order valence-corrected chi connectivity index (χ0v) is 8.20. The molecule has 0 saturated carbocycles. The first kappa shape index (κ1) is 11.2. The Hall–Kier alpha value is -1.91. The maximum Gasteiger partial charge on any atom is 0.377 e. The van der Waals surface area contributed by atoms with Gasteiger partial charge in [-0.05, 0) is 24.6 Å². The number of aryl methyl sites for hydroxylation is 1. The summed E-state index contributed by atoms with van der Waals surface area (Å²) in [6, 6.07) is 2.01. The number of ether oxygens (including phenoxy) is 1. The highest BCUT2D eigenvalue weighted by molar-refractivity contribution is 6.40. The van der Waals surface area contributed by atoms with Crippen LogP contribution < -0.4 is 4.74 Å². The van der Waals surface area contributed by atoms with Crippen LogP contribution in [0.3, 0.4) is 0 Å². The average Bonchev–Trinajstić information content (AvgIpc) is 2.15. The minimum atomic E-state index is -1.64. The van der Waals surface area contributed by atoms with Crippen LogP contribution in [-0.4, -0.2) is 24.0 Å². The van der Waals surface area contributed by atoms with Crippen molar-refractivity contribution in [3.8, 4) is 5.75 Å². The quantitative estimate of drug-likeness (QED) is 0.607. The third-order valence-corrected chi connectivity index (χ3v) is 1.88. The van der Waals surface area contributed by atoms with Crippen molar-refractivity contribution in [2.75, 3.05) is 7.11 Å². The zero-order chi connectivity index (χ0) is 11.6. The summed E-state index contributed by atoms with van der Waals surface area (Å²) in [6.07, 6.45) is 0. The van der Waals surface area contributed by atoms with Gasteiger partial charge in [0.25, 0.3) is 5.78 Å². The van der Waals surface area contributed by atoms with Gasteiger partial charge in [-0.25, -0.2) is 9.18 Å². The van der Waals surface area contributed by atoms with Gasteiger partial charge in [0.15, 0.2) is 0 Å². The number of rotatable bonds is 3. The van der Waals surface area contributed by atoms with Crippen LogP contribution in [0.2, 0.25) is 0 Å². The van der Waals surface area contributed by atoms with E-state index in [4.69, 9.17) is 9.84 Å². The number of hydrogen-bond acceptors (Lipinski definition) is 3. The smallest absolute Gasteiger partial charge is 0.377 e. The monoisotopic (exact) mass is 212 g/mol. The Balaban J connectivity index is 3.38.